The van der Waals surface area contributed by atoms with Gasteiger partial charge in [0.1, 0.15) is 16.4 Å². The van der Waals surface area contributed by atoms with Crippen molar-refractivity contribution in [2.75, 3.05) is 18.0 Å². The van der Waals surface area contributed by atoms with Crippen molar-refractivity contribution in [2.24, 2.45) is 0 Å². The van der Waals surface area contributed by atoms with E-state index in [1.165, 1.54) is 34.4 Å². The number of anilines is 1. The molecule has 0 aliphatic carbocycles. The SMILES string of the molecule is Cc1cc(S(=O)(=O)N2CC(F)(F)C2)cnc1-c1ccc(N(Cc2ccsc2)C(=O)c2ccc(O)cc2O)cc1. The van der Waals surface area contributed by atoms with Crippen LogP contribution in [0, 0.1) is 6.92 Å². The molecular weight excluding hydrogens is 548 g/mol. The molecule has 1 saturated heterocycles. The topological polar surface area (TPSA) is 111 Å². The number of carbonyl (C=O) groups excluding carboxylic acids is 1. The summed E-state index contributed by atoms with van der Waals surface area (Å²) in [6, 6.07) is 14.0. The molecule has 0 bridgehead atoms. The molecule has 2 aromatic carbocycles. The van der Waals surface area contributed by atoms with Crippen molar-refractivity contribution >= 4 is 33.0 Å². The van der Waals surface area contributed by atoms with Crippen LogP contribution in [-0.2, 0) is 16.6 Å². The summed E-state index contributed by atoms with van der Waals surface area (Å²) in [7, 11) is -4.07. The van der Waals surface area contributed by atoms with E-state index in [0.717, 1.165) is 22.1 Å². The number of phenols is 2. The normalized spacial score (nSPS) is 15.1. The lowest BCUT2D eigenvalue weighted by Crippen LogP contribution is -2.58. The fourth-order valence-electron chi connectivity index (χ4n) is 4.27. The molecule has 1 aliphatic heterocycles. The fourth-order valence-corrected chi connectivity index (χ4v) is 6.46. The third-order valence-corrected chi connectivity index (χ3v) is 8.83. The zero-order chi connectivity index (χ0) is 27.9. The van der Waals surface area contributed by atoms with Gasteiger partial charge in [-0.2, -0.15) is 15.6 Å². The van der Waals surface area contributed by atoms with Gasteiger partial charge in [-0.25, -0.2) is 17.2 Å². The van der Waals surface area contributed by atoms with Crippen LogP contribution < -0.4 is 4.90 Å². The molecule has 2 aromatic heterocycles. The molecule has 0 radical (unpaired) electrons. The van der Waals surface area contributed by atoms with Crippen molar-refractivity contribution in [1.82, 2.24) is 9.29 Å². The van der Waals surface area contributed by atoms with Gasteiger partial charge < -0.3 is 15.1 Å². The standard InChI is InChI=1S/C27H23F2N3O5S2/c1-17-10-22(39(36,37)31-15-27(28,29)16-31)12-30-25(17)19-2-4-20(5-3-19)32(13-18-8-9-38-14-18)26(35)23-7-6-21(33)11-24(23)34/h2-12,14,33-34H,13,15-16H2,1H3. The van der Waals surface area contributed by atoms with Gasteiger partial charge in [-0.15, -0.1) is 0 Å². The molecular formula is C27H23F2N3O5S2. The van der Waals surface area contributed by atoms with E-state index in [1.807, 2.05) is 16.8 Å². The second-order valence-electron chi connectivity index (χ2n) is 9.24. The lowest BCUT2D eigenvalue weighted by atomic mass is 10.1. The van der Waals surface area contributed by atoms with Crippen molar-refractivity contribution < 1.29 is 32.2 Å². The van der Waals surface area contributed by atoms with Gasteiger partial charge in [0.15, 0.2) is 0 Å². The van der Waals surface area contributed by atoms with Crippen molar-refractivity contribution in [2.45, 2.75) is 24.3 Å². The average molecular weight is 572 g/mol. The zero-order valence-corrected chi connectivity index (χ0v) is 22.2. The maximum Gasteiger partial charge on any atom is 0.275 e. The molecule has 1 aliphatic rings. The van der Waals surface area contributed by atoms with Crippen molar-refractivity contribution in [3.63, 3.8) is 0 Å². The predicted molar refractivity (Wildman–Crippen MR) is 143 cm³/mol. The Hall–Kier alpha value is -3.87. The molecule has 5 rings (SSSR count). The van der Waals surface area contributed by atoms with Gasteiger partial charge in [0.05, 0.1) is 30.9 Å². The number of rotatable bonds is 7. The Kier molecular flexibility index (Phi) is 6.87. The van der Waals surface area contributed by atoms with Crippen LogP contribution >= 0.6 is 11.3 Å². The average Bonchev–Trinajstić information content (AvgIpc) is 3.39. The number of sulfonamides is 1. The van der Waals surface area contributed by atoms with E-state index in [9.17, 15) is 32.2 Å². The first-order chi connectivity index (χ1) is 18.4. The van der Waals surface area contributed by atoms with E-state index in [1.54, 1.807) is 31.2 Å². The van der Waals surface area contributed by atoms with E-state index in [0.29, 0.717) is 22.5 Å². The summed E-state index contributed by atoms with van der Waals surface area (Å²) < 4.78 is 52.5. The summed E-state index contributed by atoms with van der Waals surface area (Å²) in [4.78, 5) is 19.1. The van der Waals surface area contributed by atoms with Gasteiger partial charge in [-0.05, 0) is 65.2 Å². The molecule has 4 aromatic rings. The van der Waals surface area contributed by atoms with E-state index in [4.69, 9.17) is 0 Å². The summed E-state index contributed by atoms with van der Waals surface area (Å²) in [5, 5.41) is 23.7. The number of amides is 1. The van der Waals surface area contributed by atoms with Crippen LogP contribution in [0.25, 0.3) is 11.3 Å². The Morgan fingerprint density at radius 3 is 2.41 bits per heavy atom. The number of hydrogen-bond donors (Lipinski definition) is 2. The number of benzene rings is 2. The van der Waals surface area contributed by atoms with Crippen LogP contribution in [0.1, 0.15) is 21.5 Å². The number of halogens is 2. The van der Waals surface area contributed by atoms with E-state index >= 15 is 0 Å². The number of aryl methyl sites for hydroxylation is 1. The van der Waals surface area contributed by atoms with Gasteiger partial charge in [0.2, 0.25) is 10.0 Å². The smallest absolute Gasteiger partial charge is 0.275 e. The van der Waals surface area contributed by atoms with Crippen LogP contribution in [0.5, 0.6) is 11.5 Å². The minimum absolute atomic E-state index is 0.0291. The van der Waals surface area contributed by atoms with E-state index < -0.39 is 34.9 Å². The van der Waals surface area contributed by atoms with Gasteiger partial charge >= 0.3 is 0 Å². The molecule has 202 valence electrons. The van der Waals surface area contributed by atoms with Crippen LogP contribution in [0.4, 0.5) is 14.5 Å². The molecule has 0 unspecified atom stereocenters. The predicted octanol–water partition coefficient (Wildman–Crippen LogP) is 5.02. The number of phenolic OH excluding ortho intramolecular Hbond substituents is 2. The molecule has 39 heavy (non-hydrogen) atoms. The highest BCUT2D eigenvalue weighted by Gasteiger charge is 2.50. The van der Waals surface area contributed by atoms with Crippen molar-refractivity contribution in [1.29, 1.82) is 0 Å². The number of alkyl halides is 2. The number of thiophene rings is 1. The Balaban J connectivity index is 1.43. The Bertz CT molecular complexity index is 1630. The summed E-state index contributed by atoms with van der Waals surface area (Å²) in [6.45, 7) is 0.224. The molecule has 0 saturated carbocycles. The quantitative estimate of drug-likeness (QED) is 0.323. The van der Waals surface area contributed by atoms with Crippen molar-refractivity contribution in [3.8, 4) is 22.8 Å². The maximum atomic E-state index is 13.4. The number of carbonyl (C=O) groups is 1. The third-order valence-electron chi connectivity index (χ3n) is 6.34. The molecule has 2 N–H and O–H groups in total. The summed E-state index contributed by atoms with van der Waals surface area (Å²) in [5.41, 5.74) is 3.16. The highest BCUT2D eigenvalue weighted by Crippen LogP contribution is 2.34. The number of nitrogens with zero attached hydrogens (tertiary/aromatic N) is 3. The first kappa shape index (κ1) is 26.7. The third kappa shape index (κ3) is 5.35. The van der Waals surface area contributed by atoms with Gasteiger partial charge in [-0.3, -0.25) is 9.78 Å². The van der Waals surface area contributed by atoms with Crippen LogP contribution in [-0.4, -0.2) is 52.8 Å². The molecule has 1 amide bonds. The molecule has 0 spiro atoms. The highest BCUT2D eigenvalue weighted by atomic mass is 32.2. The lowest BCUT2D eigenvalue weighted by Gasteiger charge is -2.37. The second-order valence-corrected chi connectivity index (χ2v) is 12.0. The minimum Gasteiger partial charge on any atom is -0.508 e. The fraction of sp³-hybridized carbons (Fsp3) is 0.185. The van der Waals surface area contributed by atoms with E-state index in [2.05, 4.69) is 4.98 Å². The summed E-state index contributed by atoms with van der Waals surface area (Å²) >= 11 is 1.49. The van der Waals surface area contributed by atoms with Crippen LogP contribution in [0.2, 0.25) is 0 Å². The second kappa shape index (κ2) is 10.0. The number of hydrogen-bond acceptors (Lipinski definition) is 7. The minimum atomic E-state index is -4.07. The maximum absolute atomic E-state index is 13.4. The number of aromatic hydroxyl groups is 2. The highest BCUT2D eigenvalue weighted by molar-refractivity contribution is 7.89. The molecule has 1 fully saturated rings. The van der Waals surface area contributed by atoms with Crippen LogP contribution in [0.15, 0.2) is 76.4 Å². The van der Waals surface area contributed by atoms with Gasteiger partial charge in [0.25, 0.3) is 11.8 Å². The van der Waals surface area contributed by atoms with Crippen LogP contribution in [0.3, 0.4) is 0 Å². The number of pyridine rings is 1. The number of aromatic nitrogens is 1. The lowest BCUT2D eigenvalue weighted by molar-refractivity contribution is -0.0945. The first-order valence-electron chi connectivity index (χ1n) is 11.7. The van der Waals surface area contributed by atoms with Crippen molar-refractivity contribution in [3.05, 3.63) is 88.2 Å². The first-order valence-corrected chi connectivity index (χ1v) is 14.1. The van der Waals surface area contributed by atoms with E-state index in [-0.39, 0.29) is 28.5 Å². The molecule has 8 nitrogen and oxygen atoms in total. The molecule has 0 atom stereocenters. The Morgan fingerprint density at radius 2 is 1.82 bits per heavy atom. The van der Waals surface area contributed by atoms with Gasteiger partial charge in [-0.1, -0.05) is 12.1 Å². The molecule has 3 heterocycles. The monoisotopic (exact) mass is 571 g/mol. The zero-order valence-electron chi connectivity index (χ0n) is 20.6. The largest absolute Gasteiger partial charge is 0.508 e. The summed E-state index contributed by atoms with van der Waals surface area (Å²) in [6.07, 6.45) is 1.15. The Morgan fingerprint density at radius 1 is 1.10 bits per heavy atom. The Labute approximate surface area is 227 Å². The van der Waals surface area contributed by atoms with Gasteiger partial charge in [0, 0.05) is 23.5 Å². The summed E-state index contributed by atoms with van der Waals surface area (Å²) in [5.74, 6) is -3.99. The molecule has 12 heteroatoms.